The van der Waals surface area contributed by atoms with Gasteiger partial charge in [0.05, 0.1) is 10.9 Å². The number of carbonyl (C=O) groups is 1. The number of amides is 1. The third-order valence-corrected chi connectivity index (χ3v) is 7.24. The van der Waals surface area contributed by atoms with Crippen LogP contribution >= 0.6 is 0 Å². The number of nitrogens with one attached hydrogen (secondary N) is 1. The van der Waals surface area contributed by atoms with Crippen molar-refractivity contribution in [1.29, 1.82) is 0 Å². The van der Waals surface area contributed by atoms with Crippen molar-refractivity contribution in [3.63, 3.8) is 0 Å². The van der Waals surface area contributed by atoms with E-state index in [1.165, 1.54) is 4.31 Å². The molecule has 0 bridgehead atoms. The first-order chi connectivity index (χ1) is 12.7. The smallest absolute Gasteiger partial charge is 0.243 e. The van der Waals surface area contributed by atoms with E-state index in [1.807, 2.05) is 37.8 Å². The molecule has 1 aliphatic heterocycles. The fraction of sp³-hybridized carbons (Fsp3) is 0.650. The molecule has 0 aliphatic carbocycles. The Bertz CT molecular complexity index is 723. The quantitative estimate of drug-likeness (QED) is 0.770. The van der Waals surface area contributed by atoms with Crippen molar-refractivity contribution in [1.82, 2.24) is 14.5 Å². The molecule has 0 saturated carbocycles. The number of hydrogen-bond donors (Lipinski definition) is 1. The Morgan fingerprint density at radius 1 is 1.04 bits per heavy atom. The SMILES string of the molecule is CC[C@@H](C)c1ccc(S(=O)(=O)N2CCN([C@H](C)C(=O)NC(C)C)CC2)cc1. The number of nitrogens with zero attached hydrogens (tertiary/aromatic N) is 2. The van der Waals surface area contributed by atoms with Crippen LogP contribution in [0.3, 0.4) is 0 Å². The molecule has 1 fully saturated rings. The minimum atomic E-state index is -3.49. The van der Waals surface area contributed by atoms with E-state index < -0.39 is 10.0 Å². The van der Waals surface area contributed by atoms with E-state index >= 15 is 0 Å². The summed E-state index contributed by atoms with van der Waals surface area (Å²) in [6.07, 6.45) is 1.02. The monoisotopic (exact) mass is 395 g/mol. The van der Waals surface area contributed by atoms with E-state index in [4.69, 9.17) is 0 Å². The Morgan fingerprint density at radius 2 is 1.59 bits per heavy atom. The molecule has 1 amide bonds. The lowest BCUT2D eigenvalue weighted by molar-refractivity contribution is -0.126. The first-order valence-electron chi connectivity index (χ1n) is 9.81. The maximum atomic E-state index is 12.9. The van der Waals surface area contributed by atoms with Crippen molar-refractivity contribution in [3.05, 3.63) is 29.8 Å². The second-order valence-corrected chi connectivity index (χ2v) is 9.60. The molecule has 6 nitrogen and oxygen atoms in total. The van der Waals surface area contributed by atoms with Gasteiger partial charge in [0, 0.05) is 32.2 Å². The Labute approximate surface area is 164 Å². The van der Waals surface area contributed by atoms with Gasteiger partial charge in [0.25, 0.3) is 0 Å². The lowest BCUT2D eigenvalue weighted by atomic mass is 9.99. The van der Waals surface area contributed by atoms with Crippen LogP contribution in [0.25, 0.3) is 0 Å². The molecular formula is C20H33N3O3S. The molecule has 2 rings (SSSR count). The fourth-order valence-electron chi connectivity index (χ4n) is 3.26. The van der Waals surface area contributed by atoms with E-state index in [9.17, 15) is 13.2 Å². The van der Waals surface area contributed by atoms with Crippen LogP contribution < -0.4 is 5.32 Å². The average molecular weight is 396 g/mol. The molecule has 0 radical (unpaired) electrons. The predicted octanol–water partition coefficient (Wildman–Crippen LogP) is 2.42. The molecule has 0 spiro atoms. The van der Waals surface area contributed by atoms with Crippen LogP contribution in [-0.4, -0.2) is 61.8 Å². The van der Waals surface area contributed by atoms with Crippen LogP contribution in [0.2, 0.25) is 0 Å². The summed E-state index contributed by atoms with van der Waals surface area (Å²) in [6.45, 7) is 11.9. The third-order valence-electron chi connectivity index (χ3n) is 5.33. The van der Waals surface area contributed by atoms with Crippen LogP contribution in [0.1, 0.15) is 52.5 Å². The largest absolute Gasteiger partial charge is 0.353 e. The topological polar surface area (TPSA) is 69.7 Å². The van der Waals surface area contributed by atoms with Crippen molar-refractivity contribution in [3.8, 4) is 0 Å². The Kier molecular flexibility index (Phi) is 7.42. The molecule has 27 heavy (non-hydrogen) atoms. The van der Waals surface area contributed by atoms with Crippen LogP contribution in [0.5, 0.6) is 0 Å². The molecule has 0 unspecified atom stereocenters. The van der Waals surface area contributed by atoms with Crippen LogP contribution in [-0.2, 0) is 14.8 Å². The zero-order valence-electron chi connectivity index (χ0n) is 17.1. The van der Waals surface area contributed by atoms with Crippen LogP contribution in [0, 0.1) is 0 Å². The lowest BCUT2D eigenvalue weighted by Crippen LogP contribution is -2.55. The molecule has 1 N–H and O–H groups in total. The van der Waals surface area contributed by atoms with Crippen molar-refractivity contribution < 1.29 is 13.2 Å². The summed E-state index contributed by atoms with van der Waals surface area (Å²) in [6, 6.07) is 7.09. The highest BCUT2D eigenvalue weighted by Gasteiger charge is 2.31. The van der Waals surface area contributed by atoms with Crippen LogP contribution in [0.15, 0.2) is 29.2 Å². The average Bonchev–Trinajstić information content (AvgIpc) is 2.66. The summed E-state index contributed by atoms with van der Waals surface area (Å²) in [4.78, 5) is 14.6. The normalized spacial score (nSPS) is 19.0. The summed E-state index contributed by atoms with van der Waals surface area (Å²) in [5.74, 6) is 0.408. The van der Waals surface area contributed by atoms with Gasteiger partial charge in [-0.15, -0.1) is 0 Å². The second-order valence-electron chi connectivity index (χ2n) is 7.66. The summed E-state index contributed by atoms with van der Waals surface area (Å²) in [7, 11) is -3.49. The summed E-state index contributed by atoms with van der Waals surface area (Å²) < 4.78 is 27.4. The van der Waals surface area contributed by atoms with Crippen molar-refractivity contribution in [2.75, 3.05) is 26.2 Å². The van der Waals surface area contributed by atoms with Crippen molar-refractivity contribution >= 4 is 15.9 Å². The van der Waals surface area contributed by atoms with Gasteiger partial charge in [0.15, 0.2) is 0 Å². The standard InChI is InChI=1S/C20H33N3O3S/c1-6-16(4)18-7-9-19(10-8-18)27(25,26)23-13-11-22(12-14-23)17(5)20(24)21-15(2)3/h7-10,15-17H,6,11-14H2,1-5H3,(H,21,24)/t16-,17-/m1/s1. The maximum absolute atomic E-state index is 12.9. The van der Waals surface area contributed by atoms with E-state index in [0.717, 1.165) is 12.0 Å². The molecule has 2 atom stereocenters. The minimum absolute atomic E-state index is 0.0121. The summed E-state index contributed by atoms with van der Waals surface area (Å²) in [5.41, 5.74) is 1.16. The van der Waals surface area contributed by atoms with Gasteiger partial charge in [0.1, 0.15) is 0 Å². The minimum Gasteiger partial charge on any atom is -0.353 e. The Balaban J connectivity index is 2.01. The van der Waals surface area contributed by atoms with E-state index in [-0.39, 0.29) is 18.0 Å². The van der Waals surface area contributed by atoms with Crippen LogP contribution in [0.4, 0.5) is 0 Å². The Hall–Kier alpha value is -1.44. The van der Waals surface area contributed by atoms with E-state index in [2.05, 4.69) is 19.2 Å². The second kappa shape index (κ2) is 9.17. The van der Waals surface area contributed by atoms with Gasteiger partial charge in [-0.3, -0.25) is 9.69 Å². The van der Waals surface area contributed by atoms with Gasteiger partial charge in [-0.2, -0.15) is 4.31 Å². The fourth-order valence-corrected chi connectivity index (χ4v) is 4.68. The molecule has 1 saturated heterocycles. The first-order valence-corrected chi connectivity index (χ1v) is 11.2. The lowest BCUT2D eigenvalue weighted by Gasteiger charge is -2.37. The van der Waals surface area contributed by atoms with Gasteiger partial charge in [-0.05, 0) is 50.8 Å². The van der Waals surface area contributed by atoms with E-state index in [1.54, 1.807) is 12.1 Å². The van der Waals surface area contributed by atoms with Gasteiger partial charge >= 0.3 is 0 Å². The highest BCUT2D eigenvalue weighted by molar-refractivity contribution is 7.89. The zero-order chi connectivity index (χ0) is 20.2. The van der Waals surface area contributed by atoms with Gasteiger partial charge < -0.3 is 5.32 Å². The maximum Gasteiger partial charge on any atom is 0.243 e. The molecule has 152 valence electrons. The highest BCUT2D eigenvalue weighted by Crippen LogP contribution is 2.23. The first kappa shape index (κ1) is 21.9. The van der Waals surface area contributed by atoms with Crippen molar-refractivity contribution in [2.24, 2.45) is 0 Å². The number of carbonyl (C=O) groups excluding carboxylic acids is 1. The summed E-state index contributed by atoms with van der Waals surface area (Å²) in [5, 5.41) is 2.91. The molecule has 1 aliphatic rings. The molecule has 1 aromatic carbocycles. The molecular weight excluding hydrogens is 362 g/mol. The number of hydrogen-bond acceptors (Lipinski definition) is 4. The number of piperazine rings is 1. The molecule has 0 aromatic heterocycles. The van der Waals surface area contributed by atoms with Gasteiger partial charge in [0.2, 0.25) is 15.9 Å². The molecule has 7 heteroatoms. The van der Waals surface area contributed by atoms with Gasteiger partial charge in [-0.1, -0.05) is 26.0 Å². The zero-order valence-corrected chi connectivity index (χ0v) is 17.9. The Morgan fingerprint density at radius 3 is 2.07 bits per heavy atom. The number of sulfonamides is 1. The number of rotatable bonds is 7. The number of benzene rings is 1. The molecule has 1 heterocycles. The van der Waals surface area contributed by atoms with E-state index in [0.29, 0.717) is 37.0 Å². The van der Waals surface area contributed by atoms with Crippen molar-refractivity contribution in [2.45, 2.75) is 63.9 Å². The highest BCUT2D eigenvalue weighted by atomic mass is 32.2. The molecule has 1 aromatic rings. The summed E-state index contributed by atoms with van der Waals surface area (Å²) >= 11 is 0. The third kappa shape index (κ3) is 5.30. The van der Waals surface area contributed by atoms with Gasteiger partial charge in [-0.25, -0.2) is 8.42 Å². The predicted molar refractivity (Wildman–Crippen MR) is 108 cm³/mol.